The molecule has 0 saturated heterocycles. The summed E-state index contributed by atoms with van der Waals surface area (Å²) in [5.41, 5.74) is 2.69. The molecule has 1 aromatic heterocycles. The Balaban J connectivity index is 1.40. The fourth-order valence-corrected chi connectivity index (χ4v) is 5.55. The summed E-state index contributed by atoms with van der Waals surface area (Å²) in [5, 5.41) is 9.45. The lowest BCUT2D eigenvalue weighted by Gasteiger charge is -2.26. The van der Waals surface area contributed by atoms with Gasteiger partial charge in [0.1, 0.15) is 5.82 Å². The highest BCUT2D eigenvalue weighted by Crippen LogP contribution is 2.36. The Kier molecular flexibility index (Phi) is 5.76. The molecule has 7 heteroatoms. The molecule has 1 aliphatic heterocycles. The van der Waals surface area contributed by atoms with Crippen molar-refractivity contribution in [3.05, 3.63) is 59.9 Å². The molecule has 0 bridgehead atoms. The van der Waals surface area contributed by atoms with Crippen molar-refractivity contribution < 1.29 is 9.18 Å². The third kappa shape index (κ3) is 3.99. The Hall–Kier alpha value is -2.67. The maximum Gasteiger partial charge on any atom is 0.237 e. The quantitative estimate of drug-likeness (QED) is 0.511. The molecule has 1 saturated carbocycles. The van der Waals surface area contributed by atoms with E-state index in [0.29, 0.717) is 23.1 Å². The van der Waals surface area contributed by atoms with Crippen molar-refractivity contribution in [1.82, 2.24) is 14.8 Å². The second-order valence-electron chi connectivity index (χ2n) is 8.16. The van der Waals surface area contributed by atoms with Crippen molar-refractivity contribution in [3.63, 3.8) is 0 Å². The van der Waals surface area contributed by atoms with Gasteiger partial charge in [0.05, 0.1) is 11.3 Å². The Morgan fingerprint density at radius 1 is 1.03 bits per heavy atom. The highest BCUT2D eigenvalue weighted by molar-refractivity contribution is 7.99. The molecule has 1 fully saturated rings. The fourth-order valence-electron chi connectivity index (χ4n) is 4.67. The van der Waals surface area contributed by atoms with Gasteiger partial charge < -0.3 is 4.90 Å². The summed E-state index contributed by atoms with van der Waals surface area (Å²) in [5.74, 6) is 0.622. The van der Waals surface area contributed by atoms with Crippen LogP contribution in [0.5, 0.6) is 0 Å². The Morgan fingerprint density at radius 2 is 1.81 bits per heavy atom. The van der Waals surface area contributed by atoms with Crippen LogP contribution in [0.4, 0.5) is 10.1 Å². The SMILES string of the molecule is O=C(CSc1nnc(-c2ccccc2F)n1C1CCCCC1)N1CCc2ccccc21. The van der Waals surface area contributed by atoms with Crippen LogP contribution in [0, 0.1) is 5.82 Å². The Labute approximate surface area is 185 Å². The third-order valence-electron chi connectivity index (χ3n) is 6.23. The van der Waals surface area contributed by atoms with Crippen LogP contribution in [-0.4, -0.2) is 33.0 Å². The van der Waals surface area contributed by atoms with Gasteiger partial charge in [0.2, 0.25) is 5.91 Å². The molecule has 2 aromatic carbocycles. The number of halogens is 1. The van der Waals surface area contributed by atoms with Crippen molar-refractivity contribution >= 4 is 23.4 Å². The lowest BCUT2D eigenvalue weighted by atomic mass is 9.95. The van der Waals surface area contributed by atoms with E-state index in [1.165, 1.54) is 29.8 Å². The van der Waals surface area contributed by atoms with Gasteiger partial charge in [-0.3, -0.25) is 9.36 Å². The number of amides is 1. The molecule has 1 aliphatic carbocycles. The molecule has 0 unspecified atom stereocenters. The molecule has 0 atom stereocenters. The van der Waals surface area contributed by atoms with Gasteiger partial charge in [-0.05, 0) is 43.0 Å². The number of aromatic nitrogens is 3. The number of carbonyl (C=O) groups excluding carboxylic acids is 1. The zero-order chi connectivity index (χ0) is 21.2. The first-order chi connectivity index (χ1) is 15.2. The predicted octanol–water partition coefficient (Wildman–Crippen LogP) is 5.27. The van der Waals surface area contributed by atoms with Crippen LogP contribution in [-0.2, 0) is 11.2 Å². The van der Waals surface area contributed by atoms with Crippen LogP contribution in [0.3, 0.4) is 0 Å². The average Bonchev–Trinajstić information content (AvgIpc) is 3.43. The minimum absolute atomic E-state index is 0.0700. The average molecular weight is 437 g/mol. The van der Waals surface area contributed by atoms with Gasteiger partial charge in [-0.2, -0.15) is 0 Å². The van der Waals surface area contributed by atoms with E-state index in [4.69, 9.17) is 0 Å². The molecule has 3 aromatic rings. The minimum atomic E-state index is -0.298. The number of fused-ring (bicyclic) bond motifs is 1. The number of anilines is 1. The predicted molar refractivity (Wildman–Crippen MR) is 121 cm³/mol. The number of hydrogen-bond acceptors (Lipinski definition) is 4. The van der Waals surface area contributed by atoms with Crippen LogP contribution >= 0.6 is 11.8 Å². The van der Waals surface area contributed by atoms with E-state index in [2.05, 4.69) is 20.8 Å². The molecular formula is C24H25FN4OS. The van der Waals surface area contributed by atoms with Gasteiger partial charge in [-0.1, -0.05) is 61.4 Å². The fraction of sp³-hybridized carbons (Fsp3) is 0.375. The summed E-state index contributed by atoms with van der Waals surface area (Å²) in [6.45, 7) is 0.717. The molecule has 5 nitrogen and oxygen atoms in total. The summed E-state index contributed by atoms with van der Waals surface area (Å²) in [6, 6.07) is 15.0. The van der Waals surface area contributed by atoms with E-state index in [0.717, 1.165) is 37.8 Å². The summed E-state index contributed by atoms with van der Waals surface area (Å²) in [4.78, 5) is 14.9. The standard InChI is InChI=1S/C24H25FN4OS/c25-20-12-6-5-11-19(20)23-26-27-24(29(23)18-9-2-1-3-10-18)31-16-22(30)28-15-14-17-8-4-7-13-21(17)28/h4-8,11-13,18H,1-3,9-10,14-16H2. The van der Waals surface area contributed by atoms with Crippen molar-refractivity contribution in [2.45, 2.75) is 49.7 Å². The number of carbonyl (C=O) groups is 1. The minimum Gasteiger partial charge on any atom is -0.311 e. The molecule has 2 aliphatic rings. The van der Waals surface area contributed by atoms with Crippen LogP contribution in [0.25, 0.3) is 11.4 Å². The zero-order valence-corrected chi connectivity index (χ0v) is 18.2. The van der Waals surface area contributed by atoms with Gasteiger partial charge in [0, 0.05) is 18.3 Å². The van der Waals surface area contributed by atoms with Crippen molar-refractivity contribution in [3.8, 4) is 11.4 Å². The second kappa shape index (κ2) is 8.83. The zero-order valence-electron chi connectivity index (χ0n) is 17.3. The Bertz CT molecular complexity index is 1090. The summed E-state index contributed by atoms with van der Waals surface area (Å²) >= 11 is 1.41. The lowest BCUT2D eigenvalue weighted by Crippen LogP contribution is -2.30. The molecule has 0 N–H and O–H groups in total. The number of thioether (sulfide) groups is 1. The maximum atomic E-state index is 14.5. The third-order valence-corrected chi connectivity index (χ3v) is 7.16. The van der Waals surface area contributed by atoms with E-state index < -0.39 is 0 Å². The maximum absolute atomic E-state index is 14.5. The molecule has 160 valence electrons. The second-order valence-corrected chi connectivity index (χ2v) is 9.10. The number of benzene rings is 2. The van der Waals surface area contributed by atoms with Crippen molar-refractivity contribution in [1.29, 1.82) is 0 Å². The van der Waals surface area contributed by atoms with Crippen LogP contribution in [0.15, 0.2) is 53.7 Å². The summed E-state index contributed by atoms with van der Waals surface area (Å²) < 4.78 is 16.6. The Morgan fingerprint density at radius 3 is 2.65 bits per heavy atom. The highest BCUT2D eigenvalue weighted by atomic mass is 32.2. The van der Waals surface area contributed by atoms with Gasteiger partial charge in [-0.15, -0.1) is 10.2 Å². The monoisotopic (exact) mass is 436 g/mol. The molecular weight excluding hydrogens is 411 g/mol. The number of hydrogen-bond donors (Lipinski definition) is 0. The topological polar surface area (TPSA) is 51.0 Å². The largest absolute Gasteiger partial charge is 0.311 e. The van der Waals surface area contributed by atoms with E-state index in [1.54, 1.807) is 12.1 Å². The number of nitrogens with zero attached hydrogens (tertiary/aromatic N) is 4. The first-order valence-corrected chi connectivity index (χ1v) is 11.9. The molecule has 0 spiro atoms. The summed E-state index contributed by atoms with van der Waals surface area (Å²) in [7, 11) is 0. The number of rotatable bonds is 5. The van der Waals surface area contributed by atoms with E-state index in [1.807, 2.05) is 29.2 Å². The highest BCUT2D eigenvalue weighted by Gasteiger charge is 2.28. The van der Waals surface area contributed by atoms with Crippen molar-refractivity contribution in [2.24, 2.45) is 0 Å². The van der Waals surface area contributed by atoms with Crippen molar-refractivity contribution in [2.75, 3.05) is 17.2 Å². The van der Waals surface area contributed by atoms with Crippen LogP contribution < -0.4 is 4.90 Å². The van der Waals surface area contributed by atoms with E-state index in [9.17, 15) is 9.18 Å². The molecule has 1 amide bonds. The molecule has 31 heavy (non-hydrogen) atoms. The smallest absolute Gasteiger partial charge is 0.237 e. The van der Waals surface area contributed by atoms with Gasteiger partial charge in [0.15, 0.2) is 11.0 Å². The van der Waals surface area contributed by atoms with Crippen LogP contribution in [0.2, 0.25) is 0 Å². The van der Waals surface area contributed by atoms with Gasteiger partial charge >= 0.3 is 0 Å². The normalized spacial score (nSPS) is 16.5. The molecule has 5 rings (SSSR count). The van der Waals surface area contributed by atoms with Crippen LogP contribution in [0.1, 0.15) is 43.7 Å². The van der Waals surface area contributed by atoms with E-state index >= 15 is 0 Å². The summed E-state index contributed by atoms with van der Waals surface area (Å²) in [6.07, 6.45) is 6.46. The number of para-hydroxylation sites is 1. The van der Waals surface area contributed by atoms with Gasteiger partial charge in [0.25, 0.3) is 0 Å². The van der Waals surface area contributed by atoms with Gasteiger partial charge in [-0.25, -0.2) is 4.39 Å². The molecule has 2 heterocycles. The first-order valence-electron chi connectivity index (χ1n) is 10.9. The first kappa shape index (κ1) is 20.2. The lowest BCUT2D eigenvalue weighted by molar-refractivity contribution is -0.116. The molecule has 0 radical (unpaired) electrons. The van der Waals surface area contributed by atoms with E-state index in [-0.39, 0.29) is 23.5 Å².